The van der Waals surface area contributed by atoms with E-state index in [1.807, 2.05) is 0 Å². The Morgan fingerprint density at radius 3 is 2.89 bits per heavy atom. The lowest BCUT2D eigenvalue weighted by atomic mass is 10.1. The molecule has 1 aliphatic rings. The smallest absolute Gasteiger partial charge is 0.0753 e. The first-order valence-corrected chi connectivity index (χ1v) is 7.11. The van der Waals surface area contributed by atoms with Crippen LogP contribution in [0.15, 0.2) is 18.2 Å². The average molecular weight is 263 g/mol. The molecule has 1 saturated heterocycles. The van der Waals surface area contributed by atoms with Crippen molar-refractivity contribution in [3.63, 3.8) is 0 Å². The Kier molecular flexibility index (Phi) is 4.91. The van der Waals surface area contributed by atoms with Crippen LogP contribution < -0.4 is 5.32 Å². The highest BCUT2D eigenvalue weighted by Gasteiger charge is 2.27. The van der Waals surface area contributed by atoms with Crippen LogP contribution in [0.5, 0.6) is 0 Å². The minimum absolute atomic E-state index is 0.0420. The Bertz CT molecular complexity index is 406. The standard InChI is InChI=1S/C15H25N3O/c1-4-16-10-13-6-5-7-14(17-13)11-18-8-9-19-15(2,3)12-18/h5-7,16H,4,8-12H2,1-3H3. The van der Waals surface area contributed by atoms with Crippen LogP contribution in [0.1, 0.15) is 32.2 Å². The molecule has 2 rings (SSSR count). The summed E-state index contributed by atoms with van der Waals surface area (Å²) in [5.74, 6) is 0. The Hall–Kier alpha value is -0.970. The first-order chi connectivity index (χ1) is 9.09. The lowest BCUT2D eigenvalue weighted by Crippen LogP contribution is -2.47. The lowest BCUT2D eigenvalue weighted by Gasteiger charge is -2.38. The van der Waals surface area contributed by atoms with Crippen molar-refractivity contribution in [2.45, 2.75) is 39.5 Å². The van der Waals surface area contributed by atoms with Crippen molar-refractivity contribution in [2.75, 3.05) is 26.2 Å². The summed E-state index contributed by atoms with van der Waals surface area (Å²) < 4.78 is 5.74. The highest BCUT2D eigenvalue weighted by Crippen LogP contribution is 2.17. The van der Waals surface area contributed by atoms with Gasteiger partial charge in [0.1, 0.15) is 0 Å². The van der Waals surface area contributed by atoms with Gasteiger partial charge in [0.2, 0.25) is 0 Å². The Balaban J connectivity index is 1.94. The zero-order valence-corrected chi connectivity index (χ0v) is 12.3. The predicted octanol–water partition coefficient (Wildman–Crippen LogP) is 1.80. The highest BCUT2D eigenvalue weighted by molar-refractivity contribution is 5.11. The summed E-state index contributed by atoms with van der Waals surface area (Å²) in [7, 11) is 0. The van der Waals surface area contributed by atoms with Crippen molar-refractivity contribution in [2.24, 2.45) is 0 Å². The van der Waals surface area contributed by atoms with Crippen molar-refractivity contribution >= 4 is 0 Å². The Morgan fingerprint density at radius 1 is 1.37 bits per heavy atom. The molecule has 4 nitrogen and oxygen atoms in total. The molecular weight excluding hydrogens is 238 g/mol. The summed E-state index contributed by atoms with van der Waals surface area (Å²) in [5, 5.41) is 3.31. The van der Waals surface area contributed by atoms with Crippen LogP contribution in [0.2, 0.25) is 0 Å². The molecule has 0 aliphatic carbocycles. The van der Waals surface area contributed by atoms with Gasteiger partial charge in [0.05, 0.1) is 23.6 Å². The number of nitrogens with zero attached hydrogens (tertiary/aromatic N) is 2. The molecule has 2 heterocycles. The van der Waals surface area contributed by atoms with E-state index in [2.05, 4.69) is 49.2 Å². The van der Waals surface area contributed by atoms with Gasteiger partial charge in [-0.15, -0.1) is 0 Å². The lowest BCUT2D eigenvalue weighted by molar-refractivity contribution is -0.0885. The van der Waals surface area contributed by atoms with Crippen molar-refractivity contribution in [3.8, 4) is 0 Å². The Labute approximate surface area is 116 Å². The van der Waals surface area contributed by atoms with Crippen molar-refractivity contribution in [1.29, 1.82) is 0 Å². The second kappa shape index (κ2) is 6.46. The van der Waals surface area contributed by atoms with E-state index in [-0.39, 0.29) is 5.60 Å². The third kappa shape index (κ3) is 4.56. The van der Waals surface area contributed by atoms with Crippen molar-refractivity contribution in [1.82, 2.24) is 15.2 Å². The summed E-state index contributed by atoms with van der Waals surface area (Å²) in [6.45, 7) is 11.9. The van der Waals surface area contributed by atoms with E-state index in [4.69, 9.17) is 9.72 Å². The molecule has 0 saturated carbocycles. The first-order valence-electron chi connectivity index (χ1n) is 7.11. The number of hydrogen-bond acceptors (Lipinski definition) is 4. The van der Waals surface area contributed by atoms with E-state index in [9.17, 15) is 0 Å². The maximum Gasteiger partial charge on any atom is 0.0753 e. The molecule has 0 aromatic carbocycles. The van der Waals surface area contributed by atoms with Crippen molar-refractivity contribution < 1.29 is 4.74 Å². The normalized spacial score (nSPS) is 19.5. The molecule has 0 radical (unpaired) electrons. The highest BCUT2D eigenvalue weighted by atomic mass is 16.5. The molecule has 106 valence electrons. The van der Waals surface area contributed by atoms with Crippen LogP contribution in [0, 0.1) is 0 Å². The molecule has 1 aromatic rings. The summed E-state index contributed by atoms with van der Waals surface area (Å²) in [6.07, 6.45) is 0. The largest absolute Gasteiger partial charge is 0.373 e. The fraction of sp³-hybridized carbons (Fsp3) is 0.667. The topological polar surface area (TPSA) is 37.4 Å². The SMILES string of the molecule is CCNCc1cccc(CN2CCOC(C)(C)C2)n1. The van der Waals surface area contributed by atoms with Gasteiger partial charge < -0.3 is 10.1 Å². The van der Waals surface area contributed by atoms with Crippen LogP contribution in [-0.4, -0.2) is 41.7 Å². The fourth-order valence-corrected chi connectivity index (χ4v) is 2.45. The number of ether oxygens (including phenoxy) is 1. The van der Waals surface area contributed by atoms with Gasteiger partial charge in [0, 0.05) is 26.2 Å². The number of hydrogen-bond donors (Lipinski definition) is 1. The molecule has 0 bridgehead atoms. The van der Waals surface area contributed by atoms with Gasteiger partial charge in [0.25, 0.3) is 0 Å². The van der Waals surface area contributed by atoms with Gasteiger partial charge in [-0.2, -0.15) is 0 Å². The average Bonchev–Trinajstić information content (AvgIpc) is 2.35. The first kappa shape index (κ1) is 14.4. The minimum atomic E-state index is -0.0420. The number of rotatable bonds is 5. The van der Waals surface area contributed by atoms with Gasteiger partial charge in [-0.3, -0.25) is 9.88 Å². The predicted molar refractivity (Wildman–Crippen MR) is 76.9 cm³/mol. The van der Waals surface area contributed by atoms with E-state index in [0.29, 0.717) is 0 Å². The van der Waals surface area contributed by atoms with Gasteiger partial charge in [-0.05, 0) is 32.5 Å². The van der Waals surface area contributed by atoms with Crippen LogP contribution in [0.25, 0.3) is 0 Å². The van der Waals surface area contributed by atoms with E-state index < -0.39 is 0 Å². The molecule has 1 N–H and O–H groups in total. The number of nitrogens with one attached hydrogen (secondary N) is 1. The summed E-state index contributed by atoms with van der Waals surface area (Å²) >= 11 is 0. The molecule has 1 aliphatic heterocycles. The molecule has 0 spiro atoms. The van der Waals surface area contributed by atoms with Crippen LogP contribution in [0.3, 0.4) is 0 Å². The van der Waals surface area contributed by atoms with Crippen molar-refractivity contribution in [3.05, 3.63) is 29.6 Å². The Morgan fingerprint density at radius 2 is 2.16 bits per heavy atom. The van der Waals surface area contributed by atoms with Crippen LogP contribution in [0.4, 0.5) is 0 Å². The van der Waals surface area contributed by atoms with E-state index in [1.165, 1.54) is 0 Å². The zero-order valence-electron chi connectivity index (χ0n) is 12.3. The summed E-state index contributed by atoms with van der Waals surface area (Å²) in [6, 6.07) is 6.29. The summed E-state index contributed by atoms with van der Waals surface area (Å²) in [4.78, 5) is 7.13. The quantitative estimate of drug-likeness (QED) is 0.879. The number of morpholine rings is 1. The second-order valence-electron chi connectivity index (χ2n) is 5.72. The third-order valence-corrected chi connectivity index (χ3v) is 3.31. The van der Waals surface area contributed by atoms with Gasteiger partial charge in [0.15, 0.2) is 0 Å². The molecule has 0 atom stereocenters. The minimum Gasteiger partial charge on any atom is -0.373 e. The number of pyridine rings is 1. The molecular formula is C15H25N3O. The fourth-order valence-electron chi connectivity index (χ4n) is 2.45. The van der Waals surface area contributed by atoms with Gasteiger partial charge in [-0.1, -0.05) is 13.0 Å². The van der Waals surface area contributed by atoms with E-state index in [0.717, 1.165) is 50.7 Å². The molecule has 19 heavy (non-hydrogen) atoms. The second-order valence-corrected chi connectivity index (χ2v) is 5.72. The third-order valence-electron chi connectivity index (χ3n) is 3.31. The van der Waals surface area contributed by atoms with E-state index >= 15 is 0 Å². The van der Waals surface area contributed by atoms with Crippen LogP contribution in [-0.2, 0) is 17.8 Å². The maximum absolute atomic E-state index is 5.74. The maximum atomic E-state index is 5.74. The molecule has 1 fully saturated rings. The zero-order chi connectivity index (χ0) is 13.7. The monoisotopic (exact) mass is 263 g/mol. The summed E-state index contributed by atoms with van der Waals surface area (Å²) in [5.41, 5.74) is 2.22. The van der Waals surface area contributed by atoms with Gasteiger partial charge >= 0.3 is 0 Å². The molecule has 1 aromatic heterocycles. The molecule has 4 heteroatoms. The number of aromatic nitrogens is 1. The van der Waals surface area contributed by atoms with Crippen LogP contribution >= 0.6 is 0 Å². The molecule has 0 amide bonds. The van der Waals surface area contributed by atoms with E-state index in [1.54, 1.807) is 0 Å². The van der Waals surface area contributed by atoms with Gasteiger partial charge in [-0.25, -0.2) is 0 Å². The molecule has 0 unspecified atom stereocenters.